The van der Waals surface area contributed by atoms with E-state index in [1.165, 1.54) is 22.2 Å². The predicted octanol–water partition coefficient (Wildman–Crippen LogP) is 2.23. The quantitative estimate of drug-likeness (QED) is 0.802. The number of benzene rings is 1. The van der Waals surface area contributed by atoms with Gasteiger partial charge in [-0.2, -0.15) is 0 Å². The van der Waals surface area contributed by atoms with Crippen LogP contribution in [0.5, 0.6) is 0 Å². The third kappa shape index (κ3) is 3.57. The number of hydrogen-bond donors (Lipinski definition) is 0. The standard InChI is InChI=1S/C13H15N3O2S/c1-9-4-6-10(7-5-9)12-14-15-13(18-12)19-8-11(17)16(2)3/h4-7H,8H2,1-3H3. The molecule has 2 aromatic rings. The molecule has 0 unspecified atom stereocenters. The van der Waals surface area contributed by atoms with Gasteiger partial charge in [-0.3, -0.25) is 4.79 Å². The van der Waals surface area contributed by atoms with Crippen molar-refractivity contribution in [2.45, 2.75) is 12.1 Å². The van der Waals surface area contributed by atoms with E-state index in [9.17, 15) is 4.79 Å². The average Bonchev–Trinajstić information content (AvgIpc) is 2.85. The highest BCUT2D eigenvalue weighted by Crippen LogP contribution is 2.23. The molecule has 6 heteroatoms. The first-order chi connectivity index (χ1) is 9.06. The molecule has 0 saturated carbocycles. The fourth-order valence-corrected chi connectivity index (χ4v) is 2.08. The van der Waals surface area contributed by atoms with Crippen LogP contribution in [-0.2, 0) is 4.79 Å². The lowest BCUT2D eigenvalue weighted by molar-refractivity contribution is -0.125. The molecule has 5 nitrogen and oxygen atoms in total. The molecule has 0 atom stereocenters. The molecule has 0 radical (unpaired) electrons. The zero-order valence-electron chi connectivity index (χ0n) is 11.1. The number of carbonyl (C=O) groups excluding carboxylic acids is 1. The fourth-order valence-electron chi connectivity index (χ4n) is 1.33. The van der Waals surface area contributed by atoms with E-state index in [-0.39, 0.29) is 5.91 Å². The Morgan fingerprint density at radius 3 is 2.58 bits per heavy atom. The molecule has 0 spiro atoms. The number of hydrogen-bond acceptors (Lipinski definition) is 5. The molecule has 1 aromatic heterocycles. The van der Waals surface area contributed by atoms with Gasteiger partial charge in [0.15, 0.2) is 0 Å². The molecule has 2 rings (SSSR count). The SMILES string of the molecule is Cc1ccc(-c2nnc(SCC(=O)N(C)C)o2)cc1. The molecule has 0 N–H and O–H groups in total. The summed E-state index contributed by atoms with van der Waals surface area (Å²) >= 11 is 1.24. The summed E-state index contributed by atoms with van der Waals surface area (Å²) in [5, 5.41) is 8.31. The molecular weight excluding hydrogens is 262 g/mol. The van der Waals surface area contributed by atoms with Gasteiger partial charge in [0.25, 0.3) is 5.22 Å². The molecule has 0 aliphatic rings. The monoisotopic (exact) mass is 277 g/mol. The zero-order valence-corrected chi connectivity index (χ0v) is 11.9. The van der Waals surface area contributed by atoms with E-state index < -0.39 is 0 Å². The van der Waals surface area contributed by atoms with Crippen LogP contribution in [0.15, 0.2) is 33.9 Å². The van der Waals surface area contributed by atoms with Crippen molar-refractivity contribution in [3.63, 3.8) is 0 Å². The Balaban J connectivity index is 2.03. The van der Waals surface area contributed by atoms with Gasteiger partial charge in [0, 0.05) is 19.7 Å². The van der Waals surface area contributed by atoms with Crippen LogP contribution in [0.25, 0.3) is 11.5 Å². The molecule has 1 heterocycles. The first-order valence-electron chi connectivity index (χ1n) is 5.80. The minimum Gasteiger partial charge on any atom is -0.411 e. The number of amides is 1. The van der Waals surface area contributed by atoms with E-state index in [1.54, 1.807) is 14.1 Å². The molecule has 0 aliphatic carbocycles. The topological polar surface area (TPSA) is 59.2 Å². The number of rotatable bonds is 4. The lowest BCUT2D eigenvalue weighted by atomic mass is 10.1. The molecule has 0 aliphatic heterocycles. The van der Waals surface area contributed by atoms with E-state index in [1.807, 2.05) is 31.2 Å². The van der Waals surface area contributed by atoms with Gasteiger partial charge >= 0.3 is 0 Å². The van der Waals surface area contributed by atoms with Gasteiger partial charge < -0.3 is 9.32 Å². The van der Waals surface area contributed by atoms with Crippen molar-refractivity contribution in [2.75, 3.05) is 19.8 Å². The maximum atomic E-state index is 11.4. The molecule has 19 heavy (non-hydrogen) atoms. The smallest absolute Gasteiger partial charge is 0.277 e. The molecule has 0 bridgehead atoms. The molecule has 100 valence electrons. The number of aryl methyl sites for hydroxylation is 1. The van der Waals surface area contributed by atoms with Crippen LogP contribution >= 0.6 is 11.8 Å². The molecular formula is C13H15N3O2S. The predicted molar refractivity (Wildman–Crippen MR) is 73.9 cm³/mol. The van der Waals surface area contributed by atoms with Crippen molar-refractivity contribution >= 4 is 17.7 Å². The first-order valence-corrected chi connectivity index (χ1v) is 6.78. The summed E-state index contributed by atoms with van der Waals surface area (Å²) in [7, 11) is 3.43. The van der Waals surface area contributed by atoms with Gasteiger partial charge in [0.2, 0.25) is 11.8 Å². The van der Waals surface area contributed by atoms with Gasteiger partial charge in [-0.1, -0.05) is 29.5 Å². The Morgan fingerprint density at radius 2 is 1.95 bits per heavy atom. The Hall–Kier alpha value is -1.82. The van der Waals surface area contributed by atoms with Gasteiger partial charge in [0.1, 0.15) is 0 Å². The van der Waals surface area contributed by atoms with E-state index in [0.717, 1.165) is 5.56 Å². The van der Waals surface area contributed by atoms with Crippen LogP contribution in [0.4, 0.5) is 0 Å². The maximum absolute atomic E-state index is 11.4. The Labute approximate surface area is 116 Å². The third-order valence-corrected chi connectivity index (χ3v) is 3.33. The second kappa shape index (κ2) is 5.88. The van der Waals surface area contributed by atoms with Crippen LogP contribution in [0.1, 0.15) is 5.56 Å². The summed E-state index contributed by atoms with van der Waals surface area (Å²) in [6.45, 7) is 2.02. The number of aromatic nitrogens is 2. The molecule has 1 amide bonds. The highest BCUT2D eigenvalue weighted by molar-refractivity contribution is 7.99. The van der Waals surface area contributed by atoms with Gasteiger partial charge in [-0.05, 0) is 19.1 Å². The van der Waals surface area contributed by atoms with Crippen molar-refractivity contribution in [1.29, 1.82) is 0 Å². The average molecular weight is 277 g/mol. The van der Waals surface area contributed by atoms with Gasteiger partial charge in [-0.15, -0.1) is 10.2 Å². The van der Waals surface area contributed by atoms with Gasteiger partial charge in [-0.25, -0.2) is 0 Å². The van der Waals surface area contributed by atoms with Crippen LogP contribution in [-0.4, -0.2) is 40.9 Å². The normalized spacial score (nSPS) is 10.5. The van der Waals surface area contributed by atoms with Crippen molar-refractivity contribution in [3.8, 4) is 11.5 Å². The Kier molecular flexibility index (Phi) is 4.21. The van der Waals surface area contributed by atoms with Crippen LogP contribution < -0.4 is 0 Å². The second-order valence-corrected chi connectivity index (χ2v) is 5.24. The van der Waals surface area contributed by atoms with Crippen molar-refractivity contribution < 1.29 is 9.21 Å². The number of nitrogens with zero attached hydrogens (tertiary/aromatic N) is 3. The molecule has 1 aromatic carbocycles. The summed E-state index contributed by atoms with van der Waals surface area (Å²) in [5.41, 5.74) is 2.05. The minimum atomic E-state index is 0.0140. The Morgan fingerprint density at radius 1 is 1.26 bits per heavy atom. The van der Waals surface area contributed by atoms with Crippen LogP contribution in [0, 0.1) is 6.92 Å². The van der Waals surface area contributed by atoms with Crippen molar-refractivity contribution in [3.05, 3.63) is 29.8 Å². The molecule has 0 fully saturated rings. The highest BCUT2D eigenvalue weighted by Gasteiger charge is 2.11. The van der Waals surface area contributed by atoms with Crippen molar-refractivity contribution in [1.82, 2.24) is 15.1 Å². The lowest BCUT2D eigenvalue weighted by Crippen LogP contribution is -2.23. The number of thioether (sulfide) groups is 1. The third-order valence-electron chi connectivity index (χ3n) is 2.52. The van der Waals surface area contributed by atoms with E-state index in [4.69, 9.17) is 4.42 Å². The summed E-state index contributed by atoms with van der Waals surface area (Å²) in [6.07, 6.45) is 0. The highest BCUT2D eigenvalue weighted by atomic mass is 32.2. The van der Waals surface area contributed by atoms with E-state index >= 15 is 0 Å². The lowest BCUT2D eigenvalue weighted by Gasteiger charge is -2.07. The maximum Gasteiger partial charge on any atom is 0.277 e. The Bertz CT molecular complexity index is 564. The summed E-state index contributed by atoms with van der Waals surface area (Å²) < 4.78 is 5.51. The van der Waals surface area contributed by atoms with E-state index in [2.05, 4.69) is 10.2 Å². The van der Waals surface area contributed by atoms with Crippen molar-refractivity contribution in [2.24, 2.45) is 0 Å². The largest absolute Gasteiger partial charge is 0.411 e. The first kappa shape index (κ1) is 13.6. The van der Waals surface area contributed by atoms with Crippen LogP contribution in [0.2, 0.25) is 0 Å². The summed E-state index contributed by atoms with van der Waals surface area (Å²) in [5.74, 6) is 0.780. The minimum absolute atomic E-state index is 0.0140. The van der Waals surface area contributed by atoms with Crippen LogP contribution in [0.3, 0.4) is 0 Å². The number of carbonyl (C=O) groups is 1. The fraction of sp³-hybridized carbons (Fsp3) is 0.308. The van der Waals surface area contributed by atoms with E-state index in [0.29, 0.717) is 16.9 Å². The second-order valence-electron chi connectivity index (χ2n) is 4.32. The summed E-state index contributed by atoms with van der Waals surface area (Å²) in [4.78, 5) is 13.0. The van der Waals surface area contributed by atoms with Gasteiger partial charge in [0.05, 0.1) is 5.75 Å². The summed E-state index contributed by atoms with van der Waals surface area (Å²) in [6, 6.07) is 7.84. The zero-order chi connectivity index (χ0) is 13.8. The molecule has 0 saturated heterocycles.